The number of carbonyl (C=O) groups excluding carboxylic acids is 2. The molecule has 2 amide bonds. The first kappa shape index (κ1) is 13.6. The fourth-order valence-electron chi connectivity index (χ4n) is 0.614. The molecule has 0 aromatic rings. The molecule has 1 aliphatic rings. The molecule has 1 aliphatic heterocycles. The standard InChI is InChI=1S/C5H6O4.C4H3NO2/c1-3(5(8)9)2-4(6)7;6-3-1-2-4(7)5-3/h1-2H2,(H,6,7)(H,8,9);1-2H,(H,5,6,7). The number of aliphatic carboxylic acids is 2. The van der Waals surface area contributed by atoms with Gasteiger partial charge in [-0.15, -0.1) is 0 Å². The van der Waals surface area contributed by atoms with E-state index < -0.39 is 18.4 Å². The molecule has 1 rings (SSSR count). The van der Waals surface area contributed by atoms with Gasteiger partial charge in [0.2, 0.25) is 0 Å². The third kappa shape index (κ3) is 6.08. The lowest BCUT2D eigenvalue weighted by Crippen LogP contribution is -2.19. The molecule has 0 unspecified atom stereocenters. The van der Waals surface area contributed by atoms with Gasteiger partial charge >= 0.3 is 11.9 Å². The number of hydrogen-bond acceptors (Lipinski definition) is 4. The number of carboxylic acids is 2. The number of rotatable bonds is 3. The van der Waals surface area contributed by atoms with Crippen molar-refractivity contribution >= 4 is 23.8 Å². The Kier molecular flexibility index (Phi) is 5.19. The third-order valence-corrected chi connectivity index (χ3v) is 1.30. The van der Waals surface area contributed by atoms with Crippen molar-refractivity contribution in [3.8, 4) is 0 Å². The Morgan fingerprint density at radius 3 is 1.75 bits per heavy atom. The Balaban J connectivity index is 0.000000288. The number of imide groups is 1. The molecule has 0 saturated heterocycles. The monoisotopic (exact) mass is 227 g/mol. The molecule has 0 atom stereocenters. The van der Waals surface area contributed by atoms with Crippen LogP contribution >= 0.6 is 0 Å². The maximum atomic E-state index is 10.0. The van der Waals surface area contributed by atoms with Crippen LogP contribution in [0.4, 0.5) is 0 Å². The second-order valence-electron chi connectivity index (χ2n) is 2.67. The minimum absolute atomic E-state index is 0.303. The fraction of sp³-hybridized carbons (Fsp3) is 0.111. The molecule has 0 fully saturated rings. The van der Waals surface area contributed by atoms with E-state index in [0.29, 0.717) is 0 Å². The van der Waals surface area contributed by atoms with Gasteiger partial charge in [-0.3, -0.25) is 19.7 Å². The second kappa shape index (κ2) is 6.12. The van der Waals surface area contributed by atoms with Crippen LogP contribution in [0.15, 0.2) is 24.3 Å². The lowest BCUT2D eigenvalue weighted by molar-refractivity contribution is -0.139. The van der Waals surface area contributed by atoms with Crippen molar-refractivity contribution in [3.05, 3.63) is 24.3 Å². The van der Waals surface area contributed by atoms with E-state index in [-0.39, 0.29) is 17.4 Å². The van der Waals surface area contributed by atoms with Crippen LogP contribution in [0.1, 0.15) is 6.42 Å². The first-order chi connectivity index (χ1) is 7.32. The zero-order chi connectivity index (χ0) is 12.7. The van der Waals surface area contributed by atoms with Gasteiger partial charge in [0.05, 0.1) is 6.42 Å². The summed E-state index contributed by atoms with van der Waals surface area (Å²) in [7, 11) is 0. The first-order valence-electron chi connectivity index (χ1n) is 3.99. The quantitative estimate of drug-likeness (QED) is 0.433. The number of nitrogens with one attached hydrogen (secondary N) is 1. The largest absolute Gasteiger partial charge is 0.481 e. The van der Waals surface area contributed by atoms with E-state index in [1.165, 1.54) is 12.2 Å². The number of amides is 2. The molecule has 16 heavy (non-hydrogen) atoms. The van der Waals surface area contributed by atoms with Crippen LogP contribution in [0.5, 0.6) is 0 Å². The molecular formula is C9H9NO6. The smallest absolute Gasteiger partial charge is 0.331 e. The number of carboxylic acid groups (broad SMARTS) is 2. The Morgan fingerprint density at radius 2 is 1.62 bits per heavy atom. The van der Waals surface area contributed by atoms with Crippen molar-refractivity contribution in [2.24, 2.45) is 0 Å². The summed E-state index contributed by atoms with van der Waals surface area (Å²) < 4.78 is 0. The van der Waals surface area contributed by atoms with Gasteiger partial charge in [-0.05, 0) is 0 Å². The van der Waals surface area contributed by atoms with Crippen LogP contribution in [0.3, 0.4) is 0 Å². The Hall–Kier alpha value is -2.44. The molecule has 3 N–H and O–H groups in total. The maximum Gasteiger partial charge on any atom is 0.331 e. The van der Waals surface area contributed by atoms with Crippen molar-refractivity contribution < 1.29 is 29.4 Å². The summed E-state index contributed by atoms with van der Waals surface area (Å²) >= 11 is 0. The second-order valence-corrected chi connectivity index (χ2v) is 2.67. The average Bonchev–Trinajstić information content (AvgIpc) is 2.49. The van der Waals surface area contributed by atoms with Gasteiger partial charge in [0.1, 0.15) is 0 Å². The molecule has 7 nitrogen and oxygen atoms in total. The zero-order valence-electron chi connectivity index (χ0n) is 8.10. The maximum absolute atomic E-state index is 10.0. The highest BCUT2D eigenvalue weighted by Crippen LogP contribution is 1.95. The van der Waals surface area contributed by atoms with Crippen LogP contribution in [0.25, 0.3) is 0 Å². The molecule has 0 radical (unpaired) electrons. The van der Waals surface area contributed by atoms with Crippen molar-refractivity contribution in [1.82, 2.24) is 5.32 Å². The molecule has 0 aromatic heterocycles. The summed E-state index contributed by atoms with van der Waals surface area (Å²) in [4.78, 5) is 39.7. The summed E-state index contributed by atoms with van der Waals surface area (Å²) in [5.74, 6) is -3.10. The highest BCUT2D eigenvalue weighted by Gasteiger charge is 2.07. The van der Waals surface area contributed by atoms with Crippen molar-refractivity contribution in [2.75, 3.05) is 0 Å². The van der Waals surface area contributed by atoms with Crippen molar-refractivity contribution in [2.45, 2.75) is 6.42 Å². The van der Waals surface area contributed by atoms with Crippen LogP contribution in [-0.2, 0) is 19.2 Å². The van der Waals surface area contributed by atoms with E-state index in [9.17, 15) is 19.2 Å². The molecule has 0 spiro atoms. The van der Waals surface area contributed by atoms with Crippen LogP contribution < -0.4 is 5.32 Å². The summed E-state index contributed by atoms with van der Waals surface area (Å²) in [6.07, 6.45) is 1.89. The highest BCUT2D eigenvalue weighted by molar-refractivity contribution is 6.12. The molecule has 0 aromatic carbocycles. The molecular weight excluding hydrogens is 218 g/mol. The minimum atomic E-state index is -1.27. The van der Waals surface area contributed by atoms with Crippen LogP contribution in [0.2, 0.25) is 0 Å². The first-order valence-corrected chi connectivity index (χ1v) is 3.99. The molecule has 0 aliphatic carbocycles. The van der Waals surface area contributed by atoms with E-state index >= 15 is 0 Å². The average molecular weight is 227 g/mol. The van der Waals surface area contributed by atoms with Crippen LogP contribution in [-0.4, -0.2) is 34.0 Å². The Labute approximate surface area is 90.1 Å². The van der Waals surface area contributed by atoms with Gasteiger partial charge in [-0.1, -0.05) is 6.58 Å². The van der Waals surface area contributed by atoms with E-state index in [4.69, 9.17) is 10.2 Å². The molecule has 0 saturated carbocycles. The summed E-state index contributed by atoms with van der Waals surface area (Å²) in [5.41, 5.74) is -0.303. The van der Waals surface area contributed by atoms with Gasteiger partial charge in [0.25, 0.3) is 11.8 Å². The summed E-state index contributed by atoms with van der Waals surface area (Å²) in [6, 6.07) is 0. The predicted octanol–water partition coefficient (Wildman–Crippen LogP) is -0.699. The summed E-state index contributed by atoms with van der Waals surface area (Å²) in [6.45, 7) is 3.01. The third-order valence-electron chi connectivity index (χ3n) is 1.30. The van der Waals surface area contributed by atoms with Crippen molar-refractivity contribution in [1.29, 1.82) is 0 Å². The Bertz CT molecular complexity index is 365. The van der Waals surface area contributed by atoms with Gasteiger partial charge in [0.15, 0.2) is 0 Å². The number of hydrogen-bond donors (Lipinski definition) is 3. The van der Waals surface area contributed by atoms with Gasteiger partial charge in [0, 0.05) is 17.7 Å². The zero-order valence-corrected chi connectivity index (χ0v) is 8.10. The minimum Gasteiger partial charge on any atom is -0.481 e. The normalized spacial score (nSPS) is 12.5. The fourth-order valence-corrected chi connectivity index (χ4v) is 0.614. The highest BCUT2D eigenvalue weighted by atomic mass is 16.4. The van der Waals surface area contributed by atoms with E-state index in [1.54, 1.807) is 0 Å². The van der Waals surface area contributed by atoms with Gasteiger partial charge in [-0.2, -0.15) is 0 Å². The number of carbonyl (C=O) groups is 4. The van der Waals surface area contributed by atoms with E-state index in [0.717, 1.165) is 0 Å². The summed E-state index contributed by atoms with van der Waals surface area (Å²) in [5, 5.41) is 18.1. The van der Waals surface area contributed by atoms with E-state index in [1.807, 2.05) is 5.32 Å². The molecule has 86 valence electrons. The van der Waals surface area contributed by atoms with Gasteiger partial charge < -0.3 is 10.2 Å². The van der Waals surface area contributed by atoms with Crippen molar-refractivity contribution in [3.63, 3.8) is 0 Å². The molecule has 0 bridgehead atoms. The SMILES string of the molecule is C=C(CC(=O)O)C(=O)O.O=C1C=CC(=O)N1. The topological polar surface area (TPSA) is 121 Å². The Morgan fingerprint density at radius 1 is 1.19 bits per heavy atom. The lowest BCUT2D eigenvalue weighted by Gasteiger charge is -1.91. The molecule has 1 heterocycles. The van der Waals surface area contributed by atoms with E-state index in [2.05, 4.69) is 6.58 Å². The molecule has 7 heteroatoms. The predicted molar refractivity (Wildman–Crippen MR) is 51.3 cm³/mol. The lowest BCUT2D eigenvalue weighted by atomic mass is 10.2. The van der Waals surface area contributed by atoms with Gasteiger partial charge in [-0.25, -0.2) is 4.79 Å². The van der Waals surface area contributed by atoms with Crippen LogP contribution in [0, 0.1) is 0 Å².